The van der Waals surface area contributed by atoms with Crippen LogP contribution in [0.2, 0.25) is 0 Å². The molecule has 2 aliphatic heterocycles. The average molecular weight is 1630 g/mol. The van der Waals surface area contributed by atoms with Gasteiger partial charge in [-0.25, -0.2) is 29.9 Å². The number of ether oxygens (including phenoxy) is 2. The van der Waals surface area contributed by atoms with Crippen molar-refractivity contribution in [1.29, 1.82) is 0 Å². The predicted molar refractivity (Wildman–Crippen MR) is 519 cm³/mol. The molecule has 8 nitrogen and oxygen atoms in total. The maximum absolute atomic E-state index is 7.24. The van der Waals surface area contributed by atoms with Crippen LogP contribution in [0.15, 0.2) is 449 Å². The largest absolute Gasteiger partial charge is 0.456 e. The van der Waals surface area contributed by atoms with E-state index in [4.69, 9.17) is 39.4 Å². The monoisotopic (exact) mass is 1630 g/mol. The van der Waals surface area contributed by atoms with Crippen molar-refractivity contribution in [3.8, 4) is 158 Å². The Kier molecular flexibility index (Phi) is 17.3. The van der Waals surface area contributed by atoms with Crippen LogP contribution in [0, 0.1) is 0 Å². The van der Waals surface area contributed by atoms with Crippen molar-refractivity contribution >= 4 is 43.4 Å². The molecule has 6 heterocycles. The second-order valence-corrected chi connectivity index (χ2v) is 33.3. The maximum Gasteiger partial charge on any atom is 0.160 e. The number of hydrogen-bond donors (Lipinski definition) is 0. The van der Waals surface area contributed by atoms with Crippen molar-refractivity contribution in [2.24, 2.45) is 0 Å². The molecule has 4 aliphatic rings. The van der Waals surface area contributed by atoms with Crippen LogP contribution in [0.4, 0.5) is 0 Å². The van der Waals surface area contributed by atoms with Gasteiger partial charge in [-0.1, -0.05) is 406 Å². The summed E-state index contributed by atoms with van der Waals surface area (Å²) in [6.45, 7) is 0. The van der Waals surface area contributed by atoms with E-state index >= 15 is 0 Å². The van der Waals surface area contributed by atoms with Gasteiger partial charge in [-0.3, -0.25) is 0 Å². The number of para-hydroxylation sites is 2. The molecule has 0 bridgehead atoms. The van der Waals surface area contributed by atoms with Crippen molar-refractivity contribution < 1.29 is 9.47 Å². The summed E-state index contributed by atoms with van der Waals surface area (Å²) in [7, 11) is 0. The summed E-state index contributed by atoms with van der Waals surface area (Å²) >= 11 is 0. The smallest absolute Gasteiger partial charge is 0.160 e. The second kappa shape index (κ2) is 30.0. The third kappa shape index (κ3) is 11.8. The van der Waals surface area contributed by atoms with E-state index in [0.29, 0.717) is 11.6 Å². The molecular formula is C120H74N6O2. The van der Waals surface area contributed by atoms with Crippen molar-refractivity contribution in [3.63, 3.8) is 0 Å². The van der Waals surface area contributed by atoms with Crippen LogP contribution in [0.3, 0.4) is 0 Å². The molecule has 8 heteroatoms. The zero-order chi connectivity index (χ0) is 84.4. The highest BCUT2D eigenvalue weighted by atomic mass is 16.5. The van der Waals surface area contributed by atoms with Crippen LogP contribution in [0.25, 0.3) is 178 Å². The second-order valence-electron chi connectivity index (χ2n) is 33.3. The Labute approximate surface area is 739 Å². The first-order valence-electron chi connectivity index (χ1n) is 43.5. The maximum atomic E-state index is 7.24. The molecule has 0 radical (unpaired) electrons. The van der Waals surface area contributed by atoms with E-state index in [9.17, 15) is 0 Å². The number of rotatable bonds is 10. The summed E-state index contributed by atoms with van der Waals surface area (Å²) in [6.07, 6.45) is 0. The van der Waals surface area contributed by atoms with Gasteiger partial charge in [0.05, 0.1) is 56.0 Å². The predicted octanol–water partition coefficient (Wildman–Crippen LogP) is 30.0. The first-order chi connectivity index (χ1) is 63.4. The first kappa shape index (κ1) is 73.8. The number of pyridine rings is 2. The van der Waals surface area contributed by atoms with E-state index in [1.807, 2.05) is 48.5 Å². The minimum atomic E-state index is -0.586. The molecule has 0 saturated heterocycles. The number of nitrogens with zero attached hydrogens (tertiary/aromatic N) is 6. The highest BCUT2D eigenvalue weighted by molar-refractivity contribution is 6.18. The van der Waals surface area contributed by atoms with Gasteiger partial charge >= 0.3 is 0 Å². The minimum absolute atomic E-state index is 0.585. The van der Waals surface area contributed by atoms with Gasteiger partial charge in [0.2, 0.25) is 0 Å². The highest BCUT2D eigenvalue weighted by Gasteiger charge is 2.53. The lowest BCUT2D eigenvalue weighted by molar-refractivity contribution is 0.442. The van der Waals surface area contributed by atoms with Crippen molar-refractivity contribution in [1.82, 2.24) is 29.9 Å². The number of benzene rings is 18. The lowest BCUT2D eigenvalue weighted by atomic mass is 9.65. The van der Waals surface area contributed by atoms with Crippen molar-refractivity contribution in [3.05, 3.63) is 493 Å². The van der Waals surface area contributed by atoms with Gasteiger partial charge in [0.25, 0.3) is 0 Å². The summed E-state index contributed by atoms with van der Waals surface area (Å²) < 4.78 is 14.5. The molecular weight excluding hydrogens is 1560 g/mol. The molecule has 0 atom stereocenters. The SMILES string of the molecule is c1ccc(-c2ccc(-c3cc(-c4ccc5c(c4)nc(-c4ccccc4)c4ccc6c(c45)Oc4ccccc4C64c5ccccc5-c5ccccc54)nc(-c4ccccc4)n3)cc2)cc1.c1ccc(-c2cccc(-c3cc(-c4ccc5c(c4)nc(-c4ccccc4)c4ccc6c(c45)Oc4ccccc4C64c5ccccc5-c5ccccc54)nc(-c4ccccc4)n3)c2)cc1. The third-order valence-corrected chi connectivity index (χ3v) is 26.3. The molecule has 4 aromatic heterocycles. The quantitative estimate of drug-likeness (QED) is 0.125. The van der Waals surface area contributed by atoms with E-state index in [1.54, 1.807) is 0 Å². The van der Waals surface area contributed by atoms with Crippen LogP contribution in [-0.2, 0) is 10.8 Å². The van der Waals surface area contributed by atoms with Crippen molar-refractivity contribution in [2.45, 2.75) is 10.8 Å². The standard InChI is InChI=1S/2C60H37N3O/c1-4-17-38(18-5-1)41-23-16-24-42(35-41)52-37-53(63-59(62-52)40-21-8-3-9-22-40)43-31-32-46-54(36-43)61-57(39-19-6-2-7-20-39)47-33-34-51-58(56(46)47)64-55-30-15-14-29-50(55)60(51)48-27-12-10-25-44(48)45-26-11-13-28-49(45)60;1-4-16-38(17-5-1)39-28-30-40(31-29-39)52-37-53(63-59(62-52)42-20-8-3-9-21-42)43-32-33-46-54(36-43)61-57(41-18-6-2-7-19-41)47-34-35-51-58(56(46)47)64-55-27-15-14-26-50(55)60(51)48-24-12-10-22-44(48)45-23-11-13-25-49(45)60/h2*1-37H. The highest BCUT2D eigenvalue weighted by Crippen LogP contribution is 2.66. The van der Waals surface area contributed by atoms with Crippen LogP contribution in [0.1, 0.15) is 44.5 Å². The number of fused-ring (bicyclic) bond motifs is 26. The Balaban J connectivity index is 0.000000139. The Morgan fingerprint density at radius 1 is 0.172 bits per heavy atom. The number of aromatic nitrogens is 6. The van der Waals surface area contributed by atoms with E-state index in [2.05, 4.69) is 400 Å². The van der Waals surface area contributed by atoms with Crippen LogP contribution < -0.4 is 9.47 Å². The molecule has 2 spiro atoms. The molecule has 128 heavy (non-hydrogen) atoms. The normalized spacial score (nSPS) is 12.9. The van der Waals surface area contributed by atoms with Gasteiger partial charge < -0.3 is 9.47 Å². The molecule has 0 saturated carbocycles. The van der Waals surface area contributed by atoms with Gasteiger partial charge in [-0.2, -0.15) is 0 Å². The molecule has 0 fully saturated rings. The molecule has 2 aliphatic carbocycles. The van der Waals surface area contributed by atoms with Crippen LogP contribution in [-0.4, -0.2) is 29.9 Å². The Morgan fingerprint density at radius 3 is 0.852 bits per heavy atom. The van der Waals surface area contributed by atoms with Crippen LogP contribution >= 0.6 is 0 Å². The minimum Gasteiger partial charge on any atom is -0.456 e. The molecule has 0 unspecified atom stereocenters. The number of hydrogen-bond acceptors (Lipinski definition) is 8. The topological polar surface area (TPSA) is 95.8 Å². The summed E-state index contributed by atoms with van der Waals surface area (Å²) in [5.41, 5.74) is 32.8. The lowest BCUT2D eigenvalue weighted by Gasteiger charge is -2.40. The summed E-state index contributed by atoms with van der Waals surface area (Å²) in [5.74, 6) is 4.76. The van der Waals surface area contributed by atoms with Gasteiger partial charge in [0.1, 0.15) is 23.0 Å². The molecule has 596 valence electrons. The molecule has 0 N–H and O–H groups in total. The third-order valence-electron chi connectivity index (χ3n) is 26.3. The summed E-state index contributed by atoms with van der Waals surface area (Å²) in [5, 5.41) is 6.17. The fraction of sp³-hybridized carbons (Fsp3) is 0.0167. The van der Waals surface area contributed by atoms with Gasteiger partial charge in [-0.05, 0) is 109 Å². The van der Waals surface area contributed by atoms with Gasteiger partial charge in [0.15, 0.2) is 11.6 Å². The Morgan fingerprint density at radius 2 is 0.453 bits per heavy atom. The van der Waals surface area contributed by atoms with E-state index < -0.39 is 10.8 Å². The Bertz CT molecular complexity index is 8140. The zero-order valence-electron chi connectivity index (χ0n) is 69.2. The first-order valence-corrected chi connectivity index (χ1v) is 43.5. The van der Waals surface area contributed by atoms with Gasteiger partial charge in [-0.15, -0.1) is 0 Å². The fourth-order valence-electron chi connectivity index (χ4n) is 20.6. The van der Waals surface area contributed by atoms with E-state index in [1.165, 1.54) is 50.1 Å². The Hall–Kier alpha value is -16.9. The lowest BCUT2D eigenvalue weighted by Crippen LogP contribution is -2.32. The van der Waals surface area contributed by atoms with Gasteiger partial charge in [0, 0.05) is 99.1 Å². The summed E-state index contributed by atoms with van der Waals surface area (Å²) in [4.78, 5) is 31.9. The summed E-state index contributed by atoms with van der Waals surface area (Å²) in [6, 6.07) is 159. The van der Waals surface area contributed by atoms with E-state index in [-0.39, 0.29) is 0 Å². The van der Waals surface area contributed by atoms with E-state index in [0.717, 1.165) is 184 Å². The fourth-order valence-corrected chi connectivity index (χ4v) is 20.6. The zero-order valence-corrected chi connectivity index (χ0v) is 69.2. The average Bonchev–Trinajstić information content (AvgIpc) is 1.47. The molecule has 26 rings (SSSR count). The van der Waals surface area contributed by atoms with Crippen LogP contribution in [0.5, 0.6) is 23.0 Å². The molecule has 0 amide bonds. The molecule has 18 aromatic carbocycles. The molecule has 22 aromatic rings. The van der Waals surface area contributed by atoms with Crippen molar-refractivity contribution in [2.75, 3.05) is 0 Å².